The lowest BCUT2D eigenvalue weighted by Gasteiger charge is -2.16. The van der Waals surface area contributed by atoms with E-state index in [1.807, 2.05) is 0 Å². The molecule has 1 aromatic carbocycles. The van der Waals surface area contributed by atoms with Crippen molar-refractivity contribution in [2.75, 3.05) is 22.5 Å². The SMILES string of the molecule is O=C=C1ON=C(c2nonc2NCCCS(=O)(=O)O)N1c1ccc(Br)c(F)c1. The lowest BCUT2D eigenvalue weighted by atomic mass is 10.2. The van der Waals surface area contributed by atoms with Gasteiger partial charge in [-0.1, -0.05) is 5.16 Å². The molecule has 0 fully saturated rings. The van der Waals surface area contributed by atoms with E-state index in [2.05, 4.69) is 41.3 Å². The molecule has 2 N–H and O–H groups in total. The summed E-state index contributed by atoms with van der Waals surface area (Å²) in [5.41, 5.74) is 0.232. The van der Waals surface area contributed by atoms with Crippen molar-refractivity contribution in [2.45, 2.75) is 6.42 Å². The number of halogens is 2. The molecule has 0 saturated heterocycles. The zero-order chi connectivity index (χ0) is 20.3. The molecule has 1 aliphatic heterocycles. The van der Waals surface area contributed by atoms with Gasteiger partial charge in [0.25, 0.3) is 10.1 Å². The number of amidine groups is 1. The monoisotopic (exact) mass is 475 g/mol. The second-order valence-electron chi connectivity index (χ2n) is 5.38. The zero-order valence-electron chi connectivity index (χ0n) is 13.8. The van der Waals surface area contributed by atoms with Gasteiger partial charge in [0.1, 0.15) is 5.82 Å². The van der Waals surface area contributed by atoms with Crippen LogP contribution >= 0.6 is 15.9 Å². The molecule has 0 radical (unpaired) electrons. The smallest absolute Gasteiger partial charge is 0.320 e. The van der Waals surface area contributed by atoms with Gasteiger partial charge < -0.3 is 10.2 Å². The normalized spacial score (nSPS) is 13.9. The summed E-state index contributed by atoms with van der Waals surface area (Å²) in [6, 6.07) is 4.07. The molecule has 0 amide bonds. The minimum atomic E-state index is -4.09. The molecule has 2 aromatic rings. The lowest BCUT2D eigenvalue weighted by Crippen LogP contribution is -2.28. The fourth-order valence-corrected chi connectivity index (χ4v) is 3.01. The topological polar surface area (TPSA) is 147 Å². The van der Waals surface area contributed by atoms with E-state index in [0.717, 1.165) is 11.0 Å². The van der Waals surface area contributed by atoms with Gasteiger partial charge in [-0.25, -0.2) is 18.7 Å². The number of hydrogen-bond donors (Lipinski definition) is 2. The quantitative estimate of drug-likeness (QED) is 0.343. The van der Waals surface area contributed by atoms with Gasteiger partial charge in [-0.3, -0.25) is 4.55 Å². The Morgan fingerprint density at radius 3 is 2.82 bits per heavy atom. The number of nitrogens with one attached hydrogen (secondary N) is 1. The second kappa shape index (κ2) is 8.06. The number of nitrogens with zero attached hydrogens (tertiary/aromatic N) is 4. The predicted molar refractivity (Wildman–Crippen MR) is 97.2 cm³/mol. The van der Waals surface area contributed by atoms with Gasteiger partial charge in [-0.2, -0.15) is 8.42 Å². The molecule has 0 aliphatic carbocycles. The maximum absolute atomic E-state index is 13.9. The third-order valence-electron chi connectivity index (χ3n) is 3.45. The minimum absolute atomic E-state index is 0.0282. The molecular weight excluding hydrogens is 465 g/mol. The van der Waals surface area contributed by atoms with E-state index in [0.29, 0.717) is 0 Å². The average molecular weight is 476 g/mol. The highest BCUT2D eigenvalue weighted by atomic mass is 79.9. The molecule has 0 spiro atoms. The van der Waals surface area contributed by atoms with E-state index < -0.39 is 21.7 Å². The summed E-state index contributed by atoms with van der Waals surface area (Å²) in [6.07, 6.45) is 0.0786. The largest absolute Gasteiger partial charge is 0.365 e. The summed E-state index contributed by atoms with van der Waals surface area (Å²) in [5, 5.41) is 13.9. The van der Waals surface area contributed by atoms with Crippen molar-refractivity contribution >= 4 is 49.3 Å². The van der Waals surface area contributed by atoms with Gasteiger partial charge in [0.15, 0.2) is 11.6 Å². The van der Waals surface area contributed by atoms with Crippen LogP contribution in [-0.4, -0.2) is 47.4 Å². The van der Waals surface area contributed by atoms with Crippen LogP contribution < -0.4 is 10.2 Å². The molecule has 2 heterocycles. The summed E-state index contributed by atoms with van der Waals surface area (Å²) in [5.74, 6) is 0.214. The van der Waals surface area contributed by atoms with Crippen molar-refractivity contribution in [3.8, 4) is 0 Å². The number of rotatable bonds is 7. The Morgan fingerprint density at radius 2 is 2.14 bits per heavy atom. The fraction of sp³-hybridized carbons (Fsp3) is 0.214. The summed E-state index contributed by atoms with van der Waals surface area (Å²) < 4.78 is 49.1. The molecule has 1 aromatic heterocycles. The predicted octanol–water partition coefficient (Wildman–Crippen LogP) is 1.53. The van der Waals surface area contributed by atoms with Gasteiger partial charge >= 0.3 is 5.88 Å². The Kier molecular flexibility index (Phi) is 5.74. The third-order valence-corrected chi connectivity index (χ3v) is 4.90. The number of oxime groups is 1. The Hall–Kier alpha value is -2.80. The first-order valence-electron chi connectivity index (χ1n) is 7.57. The van der Waals surface area contributed by atoms with E-state index in [9.17, 15) is 17.6 Å². The lowest BCUT2D eigenvalue weighted by molar-refractivity contribution is 0.248. The van der Waals surface area contributed by atoms with Crippen LogP contribution in [0.1, 0.15) is 12.1 Å². The van der Waals surface area contributed by atoms with Gasteiger partial charge in [0.2, 0.25) is 11.7 Å². The molecule has 0 saturated carbocycles. The minimum Gasteiger partial charge on any atom is -0.365 e. The number of benzene rings is 1. The zero-order valence-corrected chi connectivity index (χ0v) is 16.2. The van der Waals surface area contributed by atoms with Crippen LogP contribution in [0.4, 0.5) is 15.9 Å². The molecule has 11 nitrogen and oxygen atoms in total. The van der Waals surface area contributed by atoms with E-state index in [4.69, 9.17) is 9.39 Å². The second-order valence-corrected chi connectivity index (χ2v) is 7.80. The maximum Gasteiger partial charge on any atom is 0.320 e. The first kappa shape index (κ1) is 19.9. The summed E-state index contributed by atoms with van der Waals surface area (Å²) >= 11 is 3.04. The van der Waals surface area contributed by atoms with Crippen molar-refractivity contribution in [1.29, 1.82) is 0 Å². The van der Waals surface area contributed by atoms with Crippen LogP contribution in [0.15, 0.2) is 38.3 Å². The van der Waals surface area contributed by atoms with Crippen LogP contribution in [0.5, 0.6) is 0 Å². The molecule has 0 unspecified atom stereocenters. The highest BCUT2D eigenvalue weighted by molar-refractivity contribution is 9.10. The molecule has 0 atom stereocenters. The summed E-state index contributed by atoms with van der Waals surface area (Å²) in [4.78, 5) is 17.3. The number of anilines is 2. The first-order chi connectivity index (χ1) is 13.3. The third kappa shape index (κ3) is 4.36. The summed E-state index contributed by atoms with van der Waals surface area (Å²) in [7, 11) is -4.09. The number of aromatic nitrogens is 2. The Labute approximate surface area is 165 Å². The van der Waals surface area contributed by atoms with E-state index in [-0.39, 0.29) is 46.4 Å². The Balaban J connectivity index is 1.85. The first-order valence-corrected chi connectivity index (χ1v) is 9.97. The molecular formula is C14H11BrFN5O6S. The number of carbonyl (C=O) groups excluding carboxylic acids is 1. The Morgan fingerprint density at radius 1 is 1.36 bits per heavy atom. The Bertz CT molecular complexity index is 1080. The standard InChI is InChI=1S/C14H11BrFN5O6S/c15-9-3-2-8(6-10(9)16)21-11(7-22)26-20-14(21)12-13(19-27-18-12)17-4-1-5-28(23,24)25/h2-3,6H,1,4-5H2,(H,17,19)(H,23,24,25). The highest BCUT2D eigenvalue weighted by Crippen LogP contribution is 2.30. The van der Waals surface area contributed by atoms with E-state index in [1.165, 1.54) is 12.1 Å². The van der Waals surface area contributed by atoms with Crippen molar-refractivity contribution in [3.63, 3.8) is 0 Å². The van der Waals surface area contributed by atoms with Crippen LogP contribution in [-0.2, 0) is 19.8 Å². The average Bonchev–Trinajstić information content (AvgIpc) is 3.26. The summed E-state index contributed by atoms with van der Waals surface area (Å²) in [6.45, 7) is 0.110. The van der Waals surface area contributed by atoms with Crippen molar-refractivity contribution in [2.24, 2.45) is 5.16 Å². The van der Waals surface area contributed by atoms with Crippen LogP contribution in [0.3, 0.4) is 0 Å². The van der Waals surface area contributed by atoms with Crippen molar-refractivity contribution in [3.05, 3.63) is 40.1 Å². The highest BCUT2D eigenvalue weighted by Gasteiger charge is 2.34. The van der Waals surface area contributed by atoms with E-state index in [1.54, 1.807) is 5.94 Å². The van der Waals surface area contributed by atoms with E-state index >= 15 is 0 Å². The molecule has 3 rings (SSSR count). The molecule has 28 heavy (non-hydrogen) atoms. The molecule has 0 bridgehead atoms. The maximum atomic E-state index is 13.9. The van der Waals surface area contributed by atoms with Gasteiger partial charge in [-0.05, 0) is 50.9 Å². The fourth-order valence-electron chi connectivity index (χ4n) is 2.25. The van der Waals surface area contributed by atoms with Gasteiger partial charge in [0.05, 0.1) is 15.9 Å². The van der Waals surface area contributed by atoms with Crippen LogP contribution in [0.2, 0.25) is 0 Å². The van der Waals surface area contributed by atoms with Crippen LogP contribution in [0, 0.1) is 5.82 Å². The van der Waals surface area contributed by atoms with Crippen LogP contribution in [0.25, 0.3) is 0 Å². The molecule has 148 valence electrons. The van der Waals surface area contributed by atoms with Crippen molar-refractivity contribution in [1.82, 2.24) is 10.3 Å². The number of hydrogen-bond acceptors (Lipinski definition) is 10. The van der Waals surface area contributed by atoms with Gasteiger partial charge in [0, 0.05) is 6.54 Å². The molecule has 14 heteroatoms. The van der Waals surface area contributed by atoms with Crippen molar-refractivity contribution < 1.29 is 31.6 Å². The van der Waals surface area contributed by atoms with Gasteiger partial charge in [-0.15, -0.1) is 0 Å². The molecule has 1 aliphatic rings.